The van der Waals surface area contributed by atoms with Gasteiger partial charge < -0.3 is 9.84 Å². The molecule has 0 radical (unpaired) electrons. The molecule has 0 aliphatic carbocycles. The second kappa shape index (κ2) is 7.70. The molecule has 0 amide bonds. The van der Waals surface area contributed by atoms with Crippen molar-refractivity contribution in [3.63, 3.8) is 0 Å². The van der Waals surface area contributed by atoms with Gasteiger partial charge in [-0.3, -0.25) is 0 Å². The minimum absolute atomic E-state index is 0.465. The van der Waals surface area contributed by atoms with Crippen molar-refractivity contribution in [3.8, 4) is 5.75 Å². The van der Waals surface area contributed by atoms with Gasteiger partial charge in [0.25, 0.3) is 0 Å². The summed E-state index contributed by atoms with van der Waals surface area (Å²) in [5.41, 5.74) is 1.20. The number of ether oxygens (including phenoxy) is 1. The molecule has 0 aliphatic rings. The summed E-state index contributed by atoms with van der Waals surface area (Å²) in [6.07, 6.45) is 1.23. The molecule has 2 aromatic carbocycles. The van der Waals surface area contributed by atoms with Gasteiger partial charge in [0.15, 0.2) is 6.10 Å². The van der Waals surface area contributed by atoms with Crippen LogP contribution in [0, 0.1) is 0 Å². The fourth-order valence-corrected chi connectivity index (χ4v) is 2.17. The maximum Gasteiger partial charge on any atom is 0.344 e. The quantitative estimate of drug-likeness (QED) is 0.834. The Morgan fingerprint density at radius 1 is 1.10 bits per heavy atom. The molecule has 0 unspecified atom stereocenters. The van der Waals surface area contributed by atoms with Crippen LogP contribution in [-0.2, 0) is 11.2 Å². The summed E-state index contributed by atoms with van der Waals surface area (Å²) in [4.78, 5) is 11.3. The minimum Gasteiger partial charge on any atom is -0.479 e. The Hall–Kier alpha value is -2.00. The first-order chi connectivity index (χ1) is 10.1. The number of carboxylic acid groups (broad SMARTS) is 1. The van der Waals surface area contributed by atoms with Crippen molar-refractivity contribution >= 4 is 17.6 Å². The van der Waals surface area contributed by atoms with Crippen LogP contribution in [-0.4, -0.2) is 17.2 Å². The van der Waals surface area contributed by atoms with Crippen molar-refractivity contribution in [2.24, 2.45) is 0 Å². The van der Waals surface area contributed by atoms with Crippen LogP contribution < -0.4 is 4.74 Å². The van der Waals surface area contributed by atoms with Crippen molar-refractivity contribution in [1.82, 2.24) is 0 Å². The minimum atomic E-state index is -0.946. The third-order valence-electron chi connectivity index (χ3n) is 3.14. The summed E-state index contributed by atoms with van der Waals surface area (Å²) in [5, 5.41) is 9.83. The molecule has 0 fully saturated rings. The Morgan fingerprint density at radius 2 is 1.76 bits per heavy atom. The smallest absolute Gasteiger partial charge is 0.344 e. The van der Waals surface area contributed by atoms with Crippen LogP contribution in [0.4, 0.5) is 0 Å². The van der Waals surface area contributed by atoms with Gasteiger partial charge in [0.05, 0.1) is 0 Å². The average molecular weight is 305 g/mol. The van der Waals surface area contributed by atoms with Gasteiger partial charge in [-0.25, -0.2) is 4.79 Å². The molecule has 0 bridgehead atoms. The van der Waals surface area contributed by atoms with Crippen molar-refractivity contribution in [1.29, 1.82) is 0 Å². The van der Waals surface area contributed by atoms with E-state index in [-0.39, 0.29) is 0 Å². The first kappa shape index (κ1) is 15.4. The maximum atomic E-state index is 11.3. The molecule has 0 heterocycles. The number of benzene rings is 2. The van der Waals surface area contributed by atoms with Gasteiger partial charge in [0.2, 0.25) is 0 Å². The highest BCUT2D eigenvalue weighted by molar-refractivity contribution is 6.30. The fourth-order valence-electron chi connectivity index (χ4n) is 2.05. The zero-order chi connectivity index (χ0) is 15.1. The van der Waals surface area contributed by atoms with Crippen molar-refractivity contribution < 1.29 is 14.6 Å². The molecule has 1 N–H and O–H groups in total. The molecule has 110 valence electrons. The monoisotopic (exact) mass is 304 g/mol. The van der Waals surface area contributed by atoms with Gasteiger partial charge in [-0.05, 0) is 49.1 Å². The SMILES string of the molecule is O=C(O)[C@@H](CCCc1ccccc1)Oc1ccc(Cl)cc1. The summed E-state index contributed by atoms with van der Waals surface area (Å²) in [6.45, 7) is 0. The molecular weight excluding hydrogens is 288 g/mol. The first-order valence-corrected chi connectivity index (χ1v) is 7.22. The molecule has 0 aliphatic heterocycles. The van der Waals surface area contributed by atoms with E-state index in [9.17, 15) is 9.90 Å². The lowest BCUT2D eigenvalue weighted by Crippen LogP contribution is -2.27. The Kier molecular flexibility index (Phi) is 5.64. The lowest BCUT2D eigenvalue weighted by atomic mass is 10.1. The fraction of sp³-hybridized carbons (Fsp3) is 0.235. The van der Waals surface area contributed by atoms with E-state index in [2.05, 4.69) is 0 Å². The highest BCUT2D eigenvalue weighted by atomic mass is 35.5. The number of carbonyl (C=O) groups is 1. The lowest BCUT2D eigenvalue weighted by molar-refractivity contribution is -0.145. The van der Waals surface area contributed by atoms with Gasteiger partial charge in [0, 0.05) is 5.02 Å². The van der Waals surface area contributed by atoms with Crippen LogP contribution in [0.2, 0.25) is 5.02 Å². The van der Waals surface area contributed by atoms with Crippen LogP contribution in [0.3, 0.4) is 0 Å². The predicted molar refractivity (Wildman–Crippen MR) is 82.9 cm³/mol. The van der Waals surface area contributed by atoms with E-state index >= 15 is 0 Å². The molecule has 0 aromatic heterocycles. The van der Waals surface area contributed by atoms with Crippen molar-refractivity contribution in [2.45, 2.75) is 25.4 Å². The van der Waals surface area contributed by atoms with Crippen LogP contribution in [0.1, 0.15) is 18.4 Å². The third kappa shape index (κ3) is 5.12. The van der Waals surface area contributed by atoms with Gasteiger partial charge in [-0.1, -0.05) is 41.9 Å². The zero-order valence-corrected chi connectivity index (χ0v) is 12.3. The Balaban J connectivity index is 1.87. The van der Waals surface area contributed by atoms with Crippen molar-refractivity contribution in [3.05, 3.63) is 65.2 Å². The van der Waals surface area contributed by atoms with Gasteiger partial charge in [-0.15, -0.1) is 0 Å². The molecule has 0 saturated heterocycles. The molecule has 0 saturated carbocycles. The standard InChI is InChI=1S/C17H17ClO3/c18-14-9-11-15(12-10-14)21-16(17(19)20)8-4-7-13-5-2-1-3-6-13/h1-3,5-6,9-12,16H,4,7-8H2,(H,19,20)/t16-/m1/s1. The van der Waals surface area contributed by atoms with Crippen LogP contribution >= 0.6 is 11.6 Å². The number of hydrogen-bond donors (Lipinski definition) is 1. The first-order valence-electron chi connectivity index (χ1n) is 6.84. The molecule has 2 aromatic rings. The predicted octanol–water partition coefficient (Wildman–Crippen LogP) is 4.19. The normalized spacial score (nSPS) is 11.9. The van der Waals surface area contributed by atoms with Crippen LogP contribution in [0.5, 0.6) is 5.75 Å². The van der Waals surface area contributed by atoms with Gasteiger partial charge >= 0.3 is 5.97 Å². The largest absolute Gasteiger partial charge is 0.479 e. The molecule has 2 rings (SSSR count). The summed E-state index contributed by atoms with van der Waals surface area (Å²) >= 11 is 5.79. The van der Waals surface area contributed by atoms with E-state index in [1.165, 1.54) is 5.56 Å². The van der Waals surface area contributed by atoms with E-state index in [1.807, 2.05) is 30.3 Å². The van der Waals surface area contributed by atoms with Gasteiger partial charge in [-0.2, -0.15) is 0 Å². The van der Waals surface area contributed by atoms with E-state index < -0.39 is 12.1 Å². The average Bonchev–Trinajstić information content (AvgIpc) is 2.49. The molecule has 3 nitrogen and oxygen atoms in total. The highest BCUT2D eigenvalue weighted by Gasteiger charge is 2.18. The number of carboxylic acids is 1. The molecule has 21 heavy (non-hydrogen) atoms. The molecule has 4 heteroatoms. The van der Waals surface area contributed by atoms with E-state index in [1.54, 1.807) is 24.3 Å². The maximum absolute atomic E-state index is 11.3. The molecular formula is C17H17ClO3. The second-order valence-electron chi connectivity index (χ2n) is 4.78. The number of aliphatic carboxylic acids is 1. The van der Waals surface area contributed by atoms with E-state index in [0.29, 0.717) is 17.2 Å². The lowest BCUT2D eigenvalue weighted by Gasteiger charge is -2.15. The summed E-state index contributed by atoms with van der Waals surface area (Å²) in [6, 6.07) is 16.7. The Morgan fingerprint density at radius 3 is 2.38 bits per heavy atom. The van der Waals surface area contributed by atoms with Crippen LogP contribution in [0.15, 0.2) is 54.6 Å². The Bertz CT molecular complexity index is 566. The summed E-state index contributed by atoms with van der Waals surface area (Å²) < 4.78 is 5.51. The van der Waals surface area contributed by atoms with E-state index in [0.717, 1.165) is 12.8 Å². The van der Waals surface area contributed by atoms with Gasteiger partial charge in [0.1, 0.15) is 5.75 Å². The van der Waals surface area contributed by atoms with Crippen LogP contribution in [0.25, 0.3) is 0 Å². The summed E-state index contributed by atoms with van der Waals surface area (Å²) in [5.74, 6) is -0.426. The zero-order valence-electron chi connectivity index (χ0n) is 11.5. The Labute approximate surface area is 129 Å². The number of hydrogen-bond acceptors (Lipinski definition) is 2. The second-order valence-corrected chi connectivity index (χ2v) is 5.21. The van der Waals surface area contributed by atoms with E-state index in [4.69, 9.17) is 16.3 Å². The third-order valence-corrected chi connectivity index (χ3v) is 3.39. The molecule has 1 atom stereocenters. The summed E-state index contributed by atoms with van der Waals surface area (Å²) in [7, 11) is 0. The topological polar surface area (TPSA) is 46.5 Å². The number of aryl methyl sites for hydroxylation is 1. The molecule has 0 spiro atoms. The van der Waals surface area contributed by atoms with Crippen molar-refractivity contribution in [2.75, 3.05) is 0 Å². The number of rotatable bonds is 7. The highest BCUT2D eigenvalue weighted by Crippen LogP contribution is 2.18. The number of halogens is 1.